The van der Waals surface area contributed by atoms with Crippen molar-refractivity contribution in [1.82, 2.24) is 14.9 Å². The van der Waals surface area contributed by atoms with Gasteiger partial charge in [0.2, 0.25) is 5.91 Å². The monoisotopic (exact) mass is 352 g/mol. The minimum Gasteiger partial charge on any atom is -0.361 e. The molecule has 0 aliphatic heterocycles. The highest BCUT2D eigenvalue weighted by atomic mass is 16.2. The Labute approximate surface area is 155 Å². The van der Waals surface area contributed by atoms with Gasteiger partial charge in [-0.3, -0.25) is 4.79 Å². The standard InChI is InChI=1S/C21H28N4O/c1-15-16(2)23-21(17-10-6-4-7-11-17)24-20(15)22-14-19(26)25(3)18-12-8-5-9-13-18/h4,6-7,10-11,18H,5,8-9,12-14H2,1-3H3,(H,22,23,24). The third kappa shape index (κ3) is 4.21. The Hall–Kier alpha value is -2.43. The first-order valence-corrected chi connectivity index (χ1v) is 9.46. The number of nitrogens with zero attached hydrogens (tertiary/aromatic N) is 3. The molecule has 0 bridgehead atoms. The zero-order chi connectivity index (χ0) is 18.5. The lowest BCUT2D eigenvalue weighted by molar-refractivity contribution is -0.130. The summed E-state index contributed by atoms with van der Waals surface area (Å²) in [6.07, 6.45) is 5.97. The fourth-order valence-electron chi connectivity index (χ4n) is 3.47. The van der Waals surface area contributed by atoms with Crippen molar-refractivity contribution in [2.24, 2.45) is 0 Å². The fourth-order valence-corrected chi connectivity index (χ4v) is 3.47. The van der Waals surface area contributed by atoms with Crippen molar-refractivity contribution >= 4 is 11.7 Å². The van der Waals surface area contributed by atoms with Gasteiger partial charge in [-0.1, -0.05) is 49.6 Å². The molecule has 2 aromatic rings. The lowest BCUT2D eigenvalue weighted by atomic mass is 9.94. The van der Waals surface area contributed by atoms with Gasteiger partial charge in [-0.05, 0) is 26.7 Å². The van der Waals surface area contributed by atoms with Gasteiger partial charge in [0.05, 0.1) is 6.54 Å². The molecule has 5 nitrogen and oxygen atoms in total. The van der Waals surface area contributed by atoms with Crippen LogP contribution < -0.4 is 5.32 Å². The number of rotatable bonds is 5. The summed E-state index contributed by atoms with van der Waals surface area (Å²) in [6.45, 7) is 4.23. The summed E-state index contributed by atoms with van der Waals surface area (Å²) in [7, 11) is 1.92. The summed E-state index contributed by atoms with van der Waals surface area (Å²) in [6, 6.07) is 10.3. The van der Waals surface area contributed by atoms with Crippen LogP contribution in [0, 0.1) is 13.8 Å². The van der Waals surface area contributed by atoms with Crippen LogP contribution in [0.5, 0.6) is 0 Å². The van der Waals surface area contributed by atoms with Crippen molar-refractivity contribution in [2.75, 3.05) is 18.9 Å². The molecular weight excluding hydrogens is 324 g/mol. The molecule has 0 saturated heterocycles. The number of hydrogen-bond acceptors (Lipinski definition) is 4. The number of anilines is 1. The molecule has 0 spiro atoms. The second-order valence-electron chi connectivity index (χ2n) is 7.12. The van der Waals surface area contributed by atoms with Crippen LogP contribution in [0.15, 0.2) is 30.3 Å². The highest BCUT2D eigenvalue weighted by Crippen LogP contribution is 2.23. The van der Waals surface area contributed by atoms with Crippen molar-refractivity contribution in [2.45, 2.75) is 52.0 Å². The number of nitrogens with one attached hydrogen (secondary N) is 1. The predicted octanol–water partition coefficient (Wildman–Crippen LogP) is 3.96. The second kappa shape index (κ2) is 8.30. The molecule has 1 aliphatic carbocycles. The van der Waals surface area contributed by atoms with Crippen LogP contribution in [-0.2, 0) is 4.79 Å². The maximum absolute atomic E-state index is 12.6. The Kier molecular flexibility index (Phi) is 5.86. The summed E-state index contributed by atoms with van der Waals surface area (Å²) >= 11 is 0. The Morgan fingerprint density at radius 2 is 1.81 bits per heavy atom. The van der Waals surface area contributed by atoms with Gasteiger partial charge in [0.25, 0.3) is 0 Å². The van der Waals surface area contributed by atoms with Gasteiger partial charge in [0, 0.05) is 29.9 Å². The molecule has 26 heavy (non-hydrogen) atoms. The lowest BCUT2D eigenvalue weighted by Crippen LogP contribution is -2.41. The van der Waals surface area contributed by atoms with Crippen LogP contribution in [0.25, 0.3) is 11.4 Å². The van der Waals surface area contributed by atoms with E-state index in [2.05, 4.69) is 15.3 Å². The summed E-state index contributed by atoms with van der Waals surface area (Å²) in [4.78, 5) is 23.7. The van der Waals surface area contributed by atoms with Gasteiger partial charge in [0.1, 0.15) is 5.82 Å². The molecule has 1 heterocycles. The number of aromatic nitrogens is 2. The second-order valence-corrected chi connectivity index (χ2v) is 7.12. The van der Waals surface area contributed by atoms with Gasteiger partial charge in [-0.25, -0.2) is 9.97 Å². The first-order valence-electron chi connectivity index (χ1n) is 9.46. The predicted molar refractivity (Wildman–Crippen MR) is 105 cm³/mol. The number of likely N-dealkylation sites (N-methyl/N-ethyl adjacent to an activating group) is 1. The van der Waals surface area contributed by atoms with Crippen molar-refractivity contribution < 1.29 is 4.79 Å². The highest BCUT2D eigenvalue weighted by Gasteiger charge is 2.22. The van der Waals surface area contributed by atoms with Crippen molar-refractivity contribution in [3.63, 3.8) is 0 Å². The first kappa shape index (κ1) is 18.4. The van der Waals surface area contributed by atoms with Crippen LogP contribution in [0.3, 0.4) is 0 Å². The molecule has 1 aromatic heterocycles. The quantitative estimate of drug-likeness (QED) is 0.885. The third-order valence-corrected chi connectivity index (χ3v) is 5.34. The molecule has 5 heteroatoms. The van der Waals surface area contributed by atoms with Crippen LogP contribution in [0.2, 0.25) is 0 Å². The van der Waals surface area contributed by atoms with E-state index >= 15 is 0 Å². The Morgan fingerprint density at radius 1 is 1.12 bits per heavy atom. The van der Waals surface area contributed by atoms with Gasteiger partial charge < -0.3 is 10.2 Å². The molecule has 0 unspecified atom stereocenters. The Balaban J connectivity index is 1.71. The van der Waals surface area contributed by atoms with Gasteiger partial charge >= 0.3 is 0 Å². The number of amides is 1. The van der Waals surface area contributed by atoms with E-state index in [1.165, 1.54) is 19.3 Å². The SMILES string of the molecule is Cc1nc(-c2ccccc2)nc(NCC(=O)N(C)C2CCCCC2)c1C. The Morgan fingerprint density at radius 3 is 2.50 bits per heavy atom. The molecule has 0 atom stereocenters. The maximum Gasteiger partial charge on any atom is 0.241 e. The molecule has 1 fully saturated rings. The van der Waals surface area contributed by atoms with Gasteiger partial charge in [0.15, 0.2) is 5.82 Å². The average Bonchev–Trinajstić information content (AvgIpc) is 2.69. The van der Waals surface area contributed by atoms with E-state index in [0.717, 1.165) is 35.5 Å². The summed E-state index contributed by atoms with van der Waals surface area (Å²) in [5.74, 6) is 1.54. The number of carbonyl (C=O) groups is 1. The van der Waals surface area contributed by atoms with E-state index < -0.39 is 0 Å². The van der Waals surface area contributed by atoms with Crippen LogP contribution in [-0.4, -0.2) is 40.4 Å². The van der Waals surface area contributed by atoms with Crippen molar-refractivity contribution in [3.8, 4) is 11.4 Å². The van der Waals surface area contributed by atoms with Crippen LogP contribution >= 0.6 is 0 Å². The van der Waals surface area contributed by atoms with E-state index in [4.69, 9.17) is 0 Å². The number of carbonyl (C=O) groups excluding carboxylic acids is 1. The molecule has 1 saturated carbocycles. The fraction of sp³-hybridized carbons (Fsp3) is 0.476. The number of aryl methyl sites for hydroxylation is 1. The molecule has 138 valence electrons. The molecule has 1 aliphatic rings. The topological polar surface area (TPSA) is 58.1 Å². The van der Waals surface area contributed by atoms with Gasteiger partial charge in [-0.15, -0.1) is 0 Å². The number of benzene rings is 1. The normalized spacial score (nSPS) is 14.9. The maximum atomic E-state index is 12.6. The third-order valence-electron chi connectivity index (χ3n) is 5.34. The minimum atomic E-state index is 0.119. The van der Waals surface area contributed by atoms with Crippen LogP contribution in [0.4, 0.5) is 5.82 Å². The van der Waals surface area contributed by atoms with E-state index in [1.807, 2.05) is 56.1 Å². The average molecular weight is 352 g/mol. The van der Waals surface area contributed by atoms with E-state index in [9.17, 15) is 4.79 Å². The minimum absolute atomic E-state index is 0.119. The summed E-state index contributed by atoms with van der Waals surface area (Å²) < 4.78 is 0. The van der Waals surface area contributed by atoms with E-state index in [0.29, 0.717) is 11.9 Å². The molecule has 0 radical (unpaired) electrons. The zero-order valence-electron chi connectivity index (χ0n) is 16.0. The lowest BCUT2D eigenvalue weighted by Gasteiger charge is -2.31. The van der Waals surface area contributed by atoms with Crippen LogP contribution in [0.1, 0.15) is 43.4 Å². The summed E-state index contributed by atoms with van der Waals surface area (Å²) in [5.41, 5.74) is 2.89. The highest BCUT2D eigenvalue weighted by molar-refractivity contribution is 5.81. The zero-order valence-corrected chi connectivity index (χ0v) is 16.0. The van der Waals surface area contributed by atoms with Crippen molar-refractivity contribution in [1.29, 1.82) is 0 Å². The molecule has 1 N–H and O–H groups in total. The molecule has 1 amide bonds. The summed E-state index contributed by atoms with van der Waals surface area (Å²) in [5, 5.41) is 3.24. The van der Waals surface area contributed by atoms with Crippen molar-refractivity contribution in [3.05, 3.63) is 41.6 Å². The number of hydrogen-bond donors (Lipinski definition) is 1. The smallest absolute Gasteiger partial charge is 0.241 e. The first-order chi connectivity index (χ1) is 12.6. The Bertz CT molecular complexity index is 754. The molecule has 3 rings (SSSR count). The molecular formula is C21H28N4O. The van der Waals surface area contributed by atoms with Gasteiger partial charge in [-0.2, -0.15) is 0 Å². The van der Waals surface area contributed by atoms with E-state index in [-0.39, 0.29) is 12.5 Å². The van der Waals surface area contributed by atoms with E-state index in [1.54, 1.807) is 0 Å². The molecule has 1 aromatic carbocycles. The largest absolute Gasteiger partial charge is 0.361 e.